The maximum atomic E-state index is 12.9. The van der Waals surface area contributed by atoms with Gasteiger partial charge in [-0.05, 0) is 58.3 Å². The molecule has 0 aromatic rings. The average Bonchev–Trinajstić information content (AvgIpc) is 3.22. The standard InChI is InChI=1S/C47H87NO17/c1-27-17-15-13-11-9-7-5-6-8-10-12-14-16-18-35(65-47-45(60)42(48)44(59)30(4)64-47)26-39(56)41(46(61)62)38(55)24-34(52)23-37(54)36(53)20-19-31(49)21-32(50)22-33(51)25-40(57)63-29(3)28(2)43(27)58/h27-33,35-39,41-45,47,49-51,53-56,58-60H,5-26,48H2,1-4H3,(H,61,62)/t27-,28+,29-,30-,31+,32+,33+,35+,36-,37+,38-,39+,41-,42+,43+,44+,45+,47+/m1/s1. The minimum absolute atomic E-state index is 0.00382. The second kappa shape index (κ2) is 31.3. The summed E-state index contributed by atoms with van der Waals surface area (Å²) in [5.74, 6) is -5.29. The molecule has 18 atom stereocenters. The van der Waals surface area contributed by atoms with Crippen LogP contribution < -0.4 is 5.73 Å². The van der Waals surface area contributed by atoms with Crippen molar-refractivity contribution < 1.29 is 84.8 Å². The minimum Gasteiger partial charge on any atom is -0.481 e. The number of nitrogens with two attached hydrogens (primary N) is 1. The van der Waals surface area contributed by atoms with Gasteiger partial charge in [0, 0.05) is 25.2 Å². The van der Waals surface area contributed by atoms with Crippen molar-refractivity contribution in [3.8, 4) is 0 Å². The highest BCUT2D eigenvalue weighted by molar-refractivity contribution is 5.81. The van der Waals surface area contributed by atoms with Gasteiger partial charge in [0.2, 0.25) is 0 Å². The Hall–Kier alpha value is -1.91. The zero-order valence-electron chi connectivity index (χ0n) is 39.4. The number of carboxylic acid groups (broad SMARTS) is 1. The molecule has 2 aliphatic rings. The first-order valence-electron chi connectivity index (χ1n) is 24.4. The number of ketones is 1. The number of carbonyl (C=O) groups is 3. The van der Waals surface area contributed by atoms with Gasteiger partial charge in [0.15, 0.2) is 6.29 Å². The normalized spacial score (nSPS) is 41.0. The molecule has 0 saturated carbocycles. The Morgan fingerprint density at radius 1 is 0.554 bits per heavy atom. The molecule has 0 aromatic heterocycles. The van der Waals surface area contributed by atoms with Crippen LogP contribution in [-0.2, 0) is 28.6 Å². The lowest BCUT2D eigenvalue weighted by Crippen LogP contribution is -2.61. The zero-order chi connectivity index (χ0) is 48.8. The third-order valence-corrected chi connectivity index (χ3v) is 13.6. The van der Waals surface area contributed by atoms with Gasteiger partial charge in [-0.15, -0.1) is 0 Å². The van der Waals surface area contributed by atoms with E-state index in [1.165, 1.54) is 0 Å². The van der Waals surface area contributed by atoms with Gasteiger partial charge < -0.3 is 76.1 Å². The van der Waals surface area contributed by atoms with E-state index in [4.69, 9.17) is 19.9 Å². The molecule has 18 nitrogen and oxygen atoms in total. The number of Topliss-reactive ketones (excluding diaryl/α,β-unsaturated/α-hetero) is 1. The summed E-state index contributed by atoms with van der Waals surface area (Å²) in [6.07, 6.45) is -7.08. The minimum atomic E-state index is -1.89. The van der Waals surface area contributed by atoms with Crippen LogP contribution in [0.5, 0.6) is 0 Å². The molecule has 2 rings (SSSR count). The van der Waals surface area contributed by atoms with E-state index in [-0.39, 0.29) is 43.9 Å². The number of carbonyl (C=O) groups excluding carboxylic acids is 2. The summed E-state index contributed by atoms with van der Waals surface area (Å²) in [6, 6.07) is -1.09. The van der Waals surface area contributed by atoms with Gasteiger partial charge >= 0.3 is 11.9 Å². The van der Waals surface area contributed by atoms with E-state index in [0.29, 0.717) is 12.8 Å². The fraction of sp³-hybridized carbons (Fsp3) is 0.936. The van der Waals surface area contributed by atoms with Crippen LogP contribution in [0.3, 0.4) is 0 Å². The fourth-order valence-corrected chi connectivity index (χ4v) is 9.04. The van der Waals surface area contributed by atoms with Gasteiger partial charge in [-0.25, -0.2) is 0 Å². The number of hydrogen-bond donors (Lipinski definition) is 12. The first kappa shape index (κ1) is 59.2. The lowest BCUT2D eigenvalue weighted by atomic mass is 9.86. The molecule has 0 unspecified atom stereocenters. The summed E-state index contributed by atoms with van der Waals surface area (Å²) in [7, 11) is 0. The highest BCUT2D eigenvalue weighted by Crippen LogP contribution is 2.28. The Balaban J connectivity index is 2.11. The molecule has 0 amide bonds. The van der Waals surface area contributed by atoms with E-state index in [9.17, 15) is 70.6 Å². The molecule has 0 aliphatic carbocycles. The van der Waals surface area contributed by atoms with Crippen LogP contribution in [0.2, 0.25) is 0 Å². The highest BCUT2D eigenvalue weighted by Gasteiger charge is 2.43. The van der Waals surface area contributed by atoms with E-state index in [1.54, 1.807) is 13.8 Å². The summed E-state index contributed by atoms with van der Waals surface area (Å²) in [5.41, 5.74) is 6.00. The van der Waals surface area contributed by atoms with Gasteiger partial charge in [0.05, 0.1) is 79.6 Å². The van der Waals surface area contributed by atoms with Gasteiger partial charge in [-0.1, -0.05) is 90.9 Å². The molecular formula is C47H87NO17. The van der Waals surface area contributed by atoms with E-state index in [2.05, 4.69) is 0 Å². The van der Waals surface area contributed by atoms with Crippen LogP contribution in [0.25, 0.3) is 0 Å². The molecule has 2 aliphatic heterocycles. The van der Waals surface area contributed by atoms with Gasteiger partial charge in [0.25, 0.3) is 0 Å². The van der Waals surface area contributed by atoms with Crippen LogP contribution in [-0.4, -0.2) is 166 Å². The molecule has 13 N–H and O–H groups in total. The Kier molecular flexibility index (Phi) is 28.5. The summed E-state index contributed by atoms with van der Waals surface area (Å²) in [6.45, 7) is 7.06. The average molecular weight is 938 g/mol. The van der Waals surface area contributed by atoms with E-state index in [0.717, 1.165) is 77.0 Å². The summed E-state index contributed by atoms with van der Waals surface area (Å²) < 4.78 is 17.3. The summed E-state index contributed by atoms with van der Waals surface area (Å²) in [5, 5.41) is 117. The van der Waals surface area contributed by atoms with Crippen LogP contribution in [0.15, 0.2) is 0 Å². The zero-order valence-corrected chi connectivity index (χ0v) is 39.4. The van der Waals surface area contributed by atoms with Crippen LogP contribution in [0.4, 0.5) is 0 Å². The number of aliphatic carboxylic acids is 1. The first-order chi connectivity index (χ1) is 30.6. The fourth-order valence-electron chi connectivity index (χ4n) is 9.04. The Labute approximate surface area is 385 Å². The summed E-state index contributed by atoms with van der Waals surface area (Å²) in [4.78, 5) is 37.9. The van der Waals surface area contributed by atoms with Crippen molar-refractivity contribution in [2.45, 2.75) is 261 Å². The summed E-state index contributed by atoms with van der Waals surface area (Å²) >= 11 is 0. The lowest BCUT2D eigenvalue weighted by molar-refractivity contribution is -0.283. The predicted molar refractivity (Wildman–Crippen MR) is 239 cm³/mol. The Bertz CT molecular complexity index is 1330. The van der Waals surface area contributed by atoms with Crippen molar-refractivity contribution in [2.75, 3.05) is 0 Å². The van der Waals surface area contributed by atoms with Gasteiger partial charge in [0.1, 0.15) is 23.9 Å². The molecule has 0 aromatic carbocycles. The number of cyclic esters (lactones) is 1. The van der Waals surface area contributed by atoms with Crippen molar-refractivity contribution in [1.82, 2.24) is 0 Å². The molecule has 0 spiro atoms. The number of esters is 1. The van der Waals surface area contributed by atoms with Crippen molar-refractivity contribution >= 4 is 17.7 Å². The molecule has 2 fully saturated rings. The van der Waals surface area contributed by atoms with Crippen molar-refractivity contribution in [3.05, 3.63) is 0 Å². The van der Waals surface area contributed by atoms with Crippen molar-refractivity contribution in [2.24, 2.45) is 23.5 Å². The number of hydrogen-bond acceptors (Lipinski definition) is 17. The van der Waals surface area contributed by atoms with E-state index < -0.39 is 135 Å². The van der Waals surface area contributed by atoms with Crippen LogP contribution in [0, 0.1) is 17.8 Å². The third-order valence-electron chi connectivity index (χ3n) is 13.6. The quantitative estimate of drug-likeness (QED) is 0.180. The predicted octanol–water partition coefficient (Wildman–Crippen LogP) is 2.12. The first-order valence-corrected chi connectivity index (χ1v) is 24.4. The number of ether oxygens (including phenoxy) is 3. The molecule has 2 heterocycles. The van der Waals surface area contributed by atoms with Crippen LogP contribution >= 0.6 is 0 Å². The number of aliphatic hydroxyl groups excluding tert-OH is 10. The molecule has 65 heavy (non-hydrogen) atoms. The van der Waals surface area contributed by atoms with Gasteiger partial charge in [-0.2, -0.15) is 0 Å². The number of carboxylic acids is 1. The molecule has 2 saturated heterocycles. The second-order valence-corrected chi connectivity index (χ2v) is 19.4. The topological polar surface area (TPSA) is 327 Å². The number of rotatable bonds is 3. The maximum absolute atomic E-state index is 12.9. The monoisotopic (exact) mass is 938 g/mol. The molecule has 18 heteroatoms. The Morgan fingerprint density at radius 3 is 1.65 bits per heavy atom. The number of aliphatic hydroxyl groups is 10. The largest absolute Gasteiger partial charge is 0.481 e. The molecule has 382 valence electrons. The van der Waals surface area contributed by atoms with Gasteiger partial charge in [-0.3, -0.25) is 14.4 Å². The molecule has 0 bridgehead atoms. The van der Waals surface area contributed by atoms with Crippen molar-refractivity contribution in [1.29, 1.82) is 0 Å². The highest BCUT2D eigenvalue weighted by atomic mass is 16.7. The maximum Gasteiger partial charge on any atom is 0.311 e. The molecule has 0 radical (unpaired) electrons. The Morgan fingerprint density at radius 2 is 1.08 bits per heavy atom. The van der Waals surface area contributed by atoms with E-state index >= 15 is 0 Å². The second-order valence-electron chi connectivity index (χ2n) is 19.4. The molecular weight excluding hydrogens is 851 g/mol. The lowest BCUT2D eigenvalue weighted by Gasteiger charge is -2.41. The smallest absolute Gasteiger partial charge is 0.311 e. The third kappa shape index (κ3) is 22.4. The van der Waals surface area contributed by atoms with Crippen molar-refractivity contribution in [3.63, 3.8) is 0 Å². The van der Waals surface area contributed by atoms with Crippen LogP contribution in [0.1, 0.15) is 169 Å². The van der Waals surface area contributed by atoms with E-state index in [1.807, 2.05) is 13.8 Å². The SMILES string of the molecule is C[C@@H]1[C@@H](O)[C@H](C)CCCCCCCCCCCCCC[C@H](O[C@@H]2O[C@H](C)[C@H](O)[C@H](N)[C@@H]2O)C[C@H](O)[C@H](C(=O)O)[C@H](O)CC(=O)C[C@H](O)[C@H](O)CC[C@H](O)C[C@H](O)C[C@H](O)CC(=O)O[C@@H]1C.